The standard InChI is InChI=1S/C15H18N2O2/c1-4-9-19-14-8-6-5-7-12(14)15(18)13-10-11(2)17(3)16-13/h5-8,10H,4,9H2,1-3H3. The number of carbonyl (C=O) groups is 1. The lowest BCUT2D eigenvalue weighted by atomic mass is 10.1. The van der Waals surface area contributed by atoms with Crippen LogP contribution >= 0.6 is 0 Å². The van der Waals surface area contributed by atoms with Crippen LogP contribution in [0.2, 0.25) is 0 Å². The van der Waals surface area contributed by atoms with Crippen molar-refractivity contribution in [2.45, 2.75) is 20.3 Å². The van der Waals surface area contributed by atoms with Gasteiger partial charge in [0.25, 0.3) is 0 Å². The van der Waals surface area contributed by atoms with Crippen molar-refractivity contribution >= 4 is 5.78 Å². The minimum absolute atomic E-state index is 0.101. The van der Waals surface area contributed by atoms with Gasteiger partial charge in [0.2, 0.25) is 5.78 Å². The zero-order valence-corrected chi connectivity index (χ0v) is 11.5. The van der Waals surface area contributed by atoms with Gasteiger partial charge in [0.1, 0.15) is 11.4 Å². The molecule has 19 heavy (non-hydrogen) atoms. The third-order valence-corrected chi connectivity index (χ3v) is 2.94. The topological polar surface area (TPSA) is 44.1 Å². The molecule has 2 aromatic rings. The number of carbonyl (C=O) groups excluding carboxylic acids is 1. The van der Waals surface area contributed by atoms with Crippen molar-refractivity contribution in [1.29, 1.82) is 0 Å². The highest BCUT2D eigenvalue weighted by Gasteiger charge is 2.17. The molecule has 0 saturated heterocycles. The molecule has 0 aliphatic heterocycles. The number of benzene rings is 1. The molecule has 0 fully saturated rings. The number of ether oxygens (including phenoxy) is 1. The Balaban J connectivity index is 2.33. The summed E-state index contributed by atoms with van der Waals surface area (Å²) in [5.41, 5.74) is 1.97. The Hall–Kier alpha value is -2.10. The molecule has 0 bridgehead atoms. The van der Waals surface area contributed by atoms with E-state index in [1.54, 1.807) is 16.8 Å². The maximum atomic E-state index is 12.4. The Morgan fingerprint density at radius 1 is 1.37 bits per heavy atom. The van der Waals surface area contributed by atoms with E-state index in [2.05, 4.69) is 5.10 Å². The average molecular weight is 258 g/mol. The third kappa shape index (κ3) is 2.84. The Morgan fingerprint density at radius 2 is 2.11 bits per heavy atom. The molecule has 0 atom stereocenters. The van der Waals surface area contributed by atoms with Crippen molar-refractivity contribution in [2.24, 2.45) is 7.05 Å². The lowest BCUT2D eigenvalue weighted by molar-refractivity contribution is 0.102. The first-order chi connectivity index (χ1) is 9.13. The lowest BCUT2D eigenvalue weighted by Gasteiger charge is -2.08. The first-order valence-corrected chi connectivity index (χ1v) is 6.40. The van der Waals surface area contributed by atoms with Crippen molar-refractivity contribution in [3.63, 3.8) is 0 Å². The molecular weight excluding hydrogens is 240 g/mol. The van der Waals surface area contributed by atoms with Crippen LogP contribution in [-0.4, -0.2) is 22.2 Å². The molecule has 4 heteroatoms. The molecule has 0 unspecified atom stereocenters. The van der Waals surface area contributed by atoms with Crippen molar-refractivity contribution in [3.05, 3.63) is 47.3 Å². The summed E-state index contributed by atoms with van der Waals surface area (Å²) in [6, 6.07) is 9.09. The number of para-hydroxylation sites is 1. The van der Waals surface area contributed by atoms with E-state index in [0.717, 1.165) is 12.1 Å². The molecule has 0 saturated carbocycles. The molecule has 1 heterocycles. The number of hydrogen-bond donors (Lipinski definition) is 0. The molecule has 1 aromatic heterocycles. The van der Waals surface area contributed by atoms with E-state index in [4.69, 9.17) is 4.74 Å². The molecule has 4 nitrogen and oxygen atoms in total. The number of ketones is 1. The van der Waals surface area contributed by atoms with Crippen LogP contribution in [-0.2, 0) is 7.05 Å². The van der Waals surface area contributed by atoms with Crippen LogP contribution in [0.25, 0.3) is 0 Å². The Bertz CT molecular complexity index is 568. The second-order valence-electron chi connectivity index (χ2n) is 4.47. The van der Waals surface area contributed by atoms with Crippen molar-refractivity contribution in [1.82, 2.24) is 9.78 Å². The number of nitrogens with zero attached hydrogens (tertiary/aromatic N) is 2. The van der Waals surface area contributed by atoms with Crippen LogP contribution in [0.5, 0.6) is 5.75 Å². The fourth-order valence-corrected chi connectivity index (χ4v) is 1.80. The van der Waals surface area contributed by atoms with E-state index in [9.17, 15) is 4.79 Å². The van der Waals surface area contributed by atoms with Crippen molar-refractivity contribution in [2.75, 3.05) is 6.61 Å². The zero-order valence-electron chi connectivity index (χ0n) is 11.5. The van der Waals surface area contributed by atoms with E-state index in [1.807, 2.05) is 39.1 Å². The molecular formula is C15H18N2O2. The quantitative estimate of drug-likeness (QED) is 0.774. The second-order valence-corrected chi connectivity index (χ2v) is 4.47. The molecule has 0 radical (unpaired) electrons. The summed E-state index contributed by atoms with van der Waals surface area (Å²) >= 11 is 0. The highest BCUT2D eigenvalue weighted by molar-refractivity contribution is 6.09. The van der Waals surface area contributed by atoms with Gasteiger partial charge in [-0.05, 0) is 31.5 Å². The van der Waals surface area contributed by atoms with Gasteiger partial charge in [-0.25, -0.2) is 0 Å². The predicted octanol–water partition coefficient (Wildman–Crippen LogP) is 2.75. The van der Waals surface area contributed by atoms with Crippen LogP contribution in [0, 0.1) is 6.92 Å². The smallest absolute Gasteiger partial charge is 0.216 e. The summed E-state index contributed by atoms with van der Waals surface area (Å²) in [6.07, 6.45) is 0.908. The molecule has 0 N–H and O–H groups in total. The minimum atomic E-state index is -0.101. The van der Waals surface area contributed by atoms with E-state index < -0.39 is 0 Å². The lowest BCUT2D eigenvalue weighted by Crippen LogP contribution is -2.07. The van der Waals surface area contributed by atoms with Crippen LogP contribution in [0.4, 0.5) is 0 Å². The van der Waals surface area contributed by atoms with Crippen LogP contribution in [0.3, 0.4) is 0 Å². The van der Waals surface area contributed by atoms with E-state index in [-0.39, 0.29) is 5.78 Å². The minimum Gasteiger partial charge on any atom is -0.493 e. The molecule has 1 aromatic carbocycles. The van der Waals surface area contributed by atoms with Gasteiger partial charge in [0.05, 0.1) is 12.2 Å². The van der Waals surface area contributed by atoms with Gasteiger partial charge < -0.3 is 4.74 Å². The van der Waals surface area contributed by atoms with Gasteiger partial charge in [0, 0.05) is 12.7 Å². The summed E-state index contributed by atoms with van der Waals surface area (Å²) in [5.74, 6) is 0.521. The Kier molecular flexibility index (Phi) is 4.00. The number of rotatable bonds is 5. The van der Waals surface area contributed by atoms with E-state index in [0.29, 0.717) is 23.6 Å². The Morgan fingerprint density at radius 3 is 2.74 bits per heavy atom. The molecule has 0 spiro atoms. The van der Waals surface area contributed by atoms with Crippen LogP contribution in [0.15, 0.2) is 30.3 Å². The number of aryl methyl sites for hydroxylation is 2. The van der Waals surface area contributed by atoms with Gasteiger partial charge in [-0.3, -0.25) is 9.48 Å². The summed E-state index contributed by atoms with van der Waals surface area (Å²) in [4.78, 5) is 12.4. The summed E-state index contributed by atoms with van der Waals surface area (Å²) in [7, 11) is 1.83. The normalized spacial score (nSPS) is 10.5. The van der Waals surface area contributed by atoms with Crippen molar-refractivity contribution < 1.29 is 9.53 Å². The fourth-order valence-electron chi connectivity index (χ4n) is 1.80. The zero-order chi connectivity index (χ0) is 13.8. The number of aromatic nitrogens is 2. The maximum Gasteiger partial charge on any atom is 0.216 e. The van der Waals surface area contributed by atoms with E-state index >= 15 is 0 Å². The first kappa shape index (κ1) is 13.3. The SMILES string of the molecule is CCCOc1ccccc1C(=O)c1cc(C)n(C)n1. The summed E-state index contributed by atoms with van der Waals surface area (Å²) in [6.45, 7) is 4.56. The average Bonchev–Trinajstić information content (AvgIpc) is 2.76. The Labute approximate surface area is 113 Å². The van der Waals surface area contributed by atoms with Gasteiger partial charge in [0.15, 0.2) is 0 Å². The molecule has 0 aliphatic carbocycles. The summed E-state index contributed by atoms with van der Waals surface area (Å²) in [5, 5.41) is 4.22. The molecule has 100 valence electrons. The largest absolute Gasteiger partial charge is 0.493 e. The number of hydrogen-bond acceptors (Lipinski definition) is 3. The predicted molar refractivity (Wildman–Crippen MR) is 73.6 cm³/mol. The summed E-state index contributed by atoms with van der Waals surface area (Å²) < 4.78 is 7.31. The highest BCUT2D eigenvalue weighted by atomic mass is 16.5. The van der Waals surface area contributed by atoms with Crippen LogP contribution in [0.1, 0.15) is 35.1 Å². The van der Waals surface area contributed by atoms with Gasteiger partial charge in [-0.2, -0.15) is 5.10 Å². The second kappa shape index (κ2) is 5.69. The molecule has 0 aliphatic rings. The molecule has 0 amide bonds. The maximum absolute atomic E-state index is 12.4. The van der Waals surface area contributed by atoms with E-state index in [1.165, 1.54) is 0 Å². The van der Waals surface area contributed by atoms with Crippen LogP contribution < -0.4 is 4.74 Å². The first-order valence-electron chi connectivity index (χ1n) is 6.40. The van der Waals surface area contributed by atoms with Gasteiger partial charge in [-0.1, -0.05) is 19.1 Å². The monoisotopic (exact) mass is 258 g/mol. The van der Waals surface area contributed by atoms with Gasteiger partial charge >= 0.3 is 0 Å². The third-order valence-electron chi connectivity index (χ3n) is 2.94. The highest BCUT2D eigenvalue weighted by Crippen LogP contribution is 2.21. The van der Waals surface area contributed by atoms with Gasteiger partial charge in [-0.15, -0.1) is 0 Å². The van der Waals surface area contributed by atoms with Crippen molar-refractivity contribution in [3.8, 4) is 5.75 Å². The fraction of sp³-hybridized carbons (Fsp3) is 0.333. The molecule has 2 rings (SSSR count).